The van der Waals surface area contributed by atoms with E-state index in [0.29, 0.717) is 0 Å². The molecule has 0 bridgehead atoms. The molecule has 0 aromatic carbocycles. The molecule has 0 saturated heterocycles. The van der Waals surface area contributed by atoms with Crippen molar-refractivity contribution in [1.82, 2.24) is 4.98 Å². The Morgan fingerprint density at radius 1 is 1.31 bits per heavy atom. The van der Waals surface area contributed by atoms with Gasteiger partial charge in [0.05, 0.1) is 5.38 Å². The molecule has 1 unspecified atom stereocenters. The molecule has 84 valence electrons. The Morgan fingerprint density at radius 2 is 2.00 bits per heavy atom. The van der Waals surface area contributed by atoms with Crippen LogP contribution in [0.5, 0.6) is 0 Å². The van der Waals surface area contributed by atoms with E-state index >= 15 is 0 Å². The number of hydrogen-bond acceptors (Lipinski definition) is 2. The summed E-state index contributed by atoms with van der Waals surface area (Å²) < 4.78 is 5.48. The molecular weight excluding hydrogens is 222 g/mol. The van der Waals surface area contributed by atoms with Gasteiger partial charge in [0.1, 0.15) is 11.5 Å². The molecule has 0 amide bonds. The molecule has 16 heavy (non-hydrogen) atoms. The van der Waals surface area contributed by atoms with E-state index in [1.807, 2.05) is 32.0 Å². The minimum absolute atomic E-state index is 0.0418. The van der Waals surface area contributed by atoms with Gasteiger partial charge in [0.2, 0.25) is 0 Å². The second-order valence-electron chi connectivity index (χ2n) is 3.90. The number of alkyl halides is 1. The SMILES string of the molecule is Cc1cc(C(Cl)Cc2ccncc2)c(C)o1. The first kappa shape index (κ1) is 11.2. The Kier molecular flexibility index (Phi) is 3.30. The number of pyridine rings is 1. The number of aryl methyl sites for hydroxylation is 2. The normalized spacial score (nSPS) is 12.7. The summed E-state index contributed by atoms with van der Waals surface area (Å²) in [4.78, 5) is 3.99. The molecule has 0 spiro atoms. The second-order valence-corrected chi connectivity index (χ2v) is 4.42. The van der Waals surface area contributed by atoms with Gasteiger partial charge in [-0.05, 0) is 44.0 Å². The van der Waals surface area contributed by atoms with Crippen molar-refractivity contribution in [3.63, 3.8) is 0 Å². The standard InChI is InChI=1S/C13H14ClNO/c1-9-7-12(10(2)16-9)13(14)8-11-3-5-15-6-4-11/h3-7,13H,8H2,1-2H3. The summed E-state index contributed by atoms with van der Waals surface area (Å²) in [7, 11) is 0. The van der Waals surface area contributed by atoms with Crippen LogP contribution in [0.2, 0.25) is 0 Å². The number of furan rings is 1. The number of hydrogen-bond donors (Lipinski definition) is 0. The number of aromatic nitrogens is 1. The highest BCUT2D eigenvalue weighted by atomic mass is 35.5. The zero-order valence-corrected chi connectivity index (χ0v) is 10.2. The fourth-order valence-corrected chi connectivity index (χ4v) is 2.19. The van der Waals surface area contributed by atoms with Crippen molar-refractivity contribution in [3.05, 3.63) is 53.2 Å². The molecule has 0 saturated carbocycles. The van der Waals surface area contributed by atoms with Gasteiger partial charge >= 0.3 is 0 Å². The number of nitrogens with zero attached hydrogens (tertiary/aromatic N) is 1. The van der Waals surface area contributed by atoms with Gasteiger partial charge in [-0.2, -0.15) is 0 Å². The third-order valence-electron chi connectivity index (χ3n) is 2.58. The van der Waals surface area contributed by atoms with Crippen molar-refractivity contribution in [2.24, 2.45) is 0 Å². The summed E-state index contributed by atoms with van der Waals surface area (Å²) in [5.74, 6) is 1.82. The monoisotopic (exact) mass is 235 g/mol. The van der Waals surface area contributed by atoms with Crippen LogP contribution in [0.15, 0.2) is 35.0 Å². The Morgan fingerprint density at radius 3 is 2.56 bits per heavy atom. The predicted octanol–water partition coefficient (Wildman–Crippen LogP) is 3.81. The van der Waals surface area contributed by atoms with Crippen LogP contribution in [0.4, 0.5) is 0 Å². The third kappa shape index (κ3) is 2.45. The van der Waals surface area contributed by atoms with Crippen molar-refractivity contribution in [2.75, 3.05) is 0 Å². The number of rotatable bonds is 3. The van der Waals surface area contributed by atoms with Gasteiger partial charge in [-0.25, -0.2) is 0 Å². The van der Waals surface area contributed by atoms with Crippen LogP contribution in [0, 0.1) is 13.8 Å². The van der Waals surface area contributed by atoms with Crippen LogP contribution >= 0.6 is 11.6 Å². The maximum absolute atomic E-state index is 6.38. The lowest BCUT2D eigenvalue weighted by Crippen LogP contribution is -1.96. The first-order chi connectivity index (χ1) is 7.66. The lowest BCUT2D eigenvalue weighted by Gasteiger charge is -2.07. The first-order valence-corrected chi connectivity index (χ1v) is 5.70. The second kappa shape index (κ2) is 4.71. The van der Waals surface area contributed by atoms with Crippen LogP contribution in [0.3, 0.4) is 0 Å². The zero-order chi connectivity index (χ0) is 11.5. The van der Waals surface area contributed by atoms with Crippen molar-refractivity contribution in [1.29, 1.82) is 0 Å². The molecule has 0 N–H and O–H groups in total. The molecule has 3 heteroatoms. The molecule has 2 aromatic rings. The van der Waals surface area contributed by atoms with Crippen LogP contribution < -0.4 is 0 Å². The summed E-state index contributed by atoms with van der Waals surface area (Å²) >= 11 is 6.38. The highest BCUT2D eigenvalue weighted by Crippen LogP contribution is 2.29. The van der Waals surface area contributed by atoms with Crippen molar-refractivity contribution in [2.45, 2.75) is 25.6 Å². The van der Waals surface area contributed by atoms with E-state index < -0.39 is 0 Å². The summed E-state index contributed by atoms with van der Waals surface area (Å²) in [6.07, 6.45) is 4.36. The largest absolute Gasteiger partial charge is 0.466 e. The topological polar surface area (TPSA) is 26.0 Å². The average molecular weight is 236 g/mol. The van der Waals surface area contributed by atoms with Crippen LogP contribution in [-0.4, -0.2) is 4.98 Å². The maximum atomic E-state index is 6.38. The van der Waals surface area contributed by atoms with E-state index in [1.165, 1.54) is 5.56 Å². The summed E-state index contributed by atoms with van der Waals surface area (Å²) in [6, 6.07) is 5.98. The summed E-state index contributed by atoms with van der Waals surface area (Å²) in [5.41, 5.74) is 2.27. The van der Waals surface area contributed by atoms with Gasteiger partial charge in [0, 0.05) is 18.0 Å². The molecule has 0 fully saturated rings. The maximum Gasteiger partial charge on any atom is 0.105 e. The molecule has 0 aliphatic heterocycles. The fraction of sp³-hybridized carbons (Fsp3) is 0.308. The van der Waals surface area contributed by atoms with Crippen molar-refractivity contribution >= 4 is 11.6 Å². The Bertz CT molecular complexity index is 464. The molecule has 0 radical (unpaired) electrons. The van der Waals surface area contributed by atoms with Gasteiger partial charge < -0.3 is 4.42 Å². The van der Waals surface area contributed by atoms with Crippen LogP contribution in [0.25, 0.3) is 0 Å². The van der Waals surface area contributed by atoms with Gasteiger partial charge in [0.15, 0.2) is 0 Å². The Labute approximate surface area is 100 Å². The molecule has 0 aliphatic rings. The van der Waals surface area contributed by atoms with Crippen molar-refractivity contribution < 1.29 is 4.42 Å². The molecule has 2 nitrogen and oxygen atoms in total. The Balaban J connectivity index is 2.14. The van der Waals surface area contributed by atoms with Gasteiger partial charge in [-0.3, -0.25) is 4.98 Å². The predicted molar refractivity (Wildman–Crippen MR) is 64.7 cm³/mol. The molecular formula is C13H14ClNO. The minimum Gasteiger partial charge on any atom is -0.466 e. The molecule has 1 atom stereocenters. The van der Waals surface area contributed by atoms with Crippen molar-refractivity contribution in [3.8, 4) is 0 Å². The van der Waals surface area contributed by atoms with Gasteiger partial charge in [-0.15, -0.1) is 11.6 Å². The summed E-state index contributed by atoms with van der Waals surface area (Å²) in [5, 5.41) is -0.0418. The fourth-order valence-electron chi connectivity index (χ4n) is 1.80. The summed E-state index contributed by atoms with van der Waals surface area (Å²) in [6.45, 7) is 3.89. The van der Waals surface area contributed by atoms with Gasteiger partial charge in [0.25, 0.3) is 0 Å². The lowest BCUT2D eigenvalue weighted by molar-refractivity contribution is 0.500. The third-order valence-corrected chi connectivity index (χ3v) is 2.97. The Hall–Kier alpha value is -1.28. The van der Waals surface area contributed by atoms with E-state index in [1.54, 1.807) is 12.4 Å². The van der Waals surface area contributed by atoms with Gasteiger partial charge in [-0.1, -0.05) is 0 Å². The van der Waals surface area contributed by atoms with E-state index in [2.05, 4.69) is 4.98 Å². The average Bonchev–Trinajstić information content (AvgIpc) is 2.59. The van der Waals surface area contributed by atoms with E-state index in [0.717, 1.165) is 23.5 Å². The lowest BCUT2D eigenvalue weighted by atomic mass is 10.1. The van der Waals surface area contributed by atoms with Crippen LogP contribution in [-0.2, 0) is 6.42 Å². The number of halogens is 1. The highest BCUT2D eigenvalue weighted by molar-refractivity contribution is 6.21. The molecule has 0 aliphatic carbocycles. The first-order valence-electron chi connectivity index (χ1n) is 5.26. The molecule has 2 aromatic heterocycles. The van der Waals surface area contributed by atoms with E-state index in [4.69, 9.17) is 16.0 Å². The van der Waals surface area contributed by atoms with E-state index in [-0.39, 0.29) is 5.38 Å². The van der Waals surface area contributed by atoms with Crippen LogP contribution in [0.1, 0.15) is 28.0 Å². The van der Waals surface area contributed by atoms with E-state index in [9.17, 15) is 0 Å². The highest BCUT2D eigenvalue weighted by Gasteiger charge is 2.14. The molecule has 2 rings (SSSR count). The minimum atomic E-state index is -0.0418. The molecule has 2 heterocycles. The zero-order valence-electron chi connectivity index (χ0n) is 9.40. The quantitative estimate of drug-likeness (QED) is 0.756. The smallest absolute Gasteiger partial charge is 0.105 e.